The van der Waals surface area contributed by atoms with E-state index >= 15 is 0 Å². The molecule has 0 aromatic carbocycles. The van der Waals surface area contributed by atoms with Gasteiger partial charge in [-0.3, -0.25) is 4.79 Å². The van der Waals surface area contributed by atoms with Crippen molar-refractivity contribution in [3.63, 3.8) is 0 Å². The van der Waals surface area contributed by atoms with Crippen LogP contribution in [0.3, 0.4) is 0 Å². The molecule has 1 N–H and O–H groups in total. The van der Waals surface area contributed by atoms with E-state index in [0.717, 1.165) is 11.3 Å². The van der Waals surface area contributed by atoms with Gasteiger partial charge in [-0.05, 0) is 29.7 Å². The molecule has 0 saturated heterocycles. The highest BCUT2D eigenvalue weighted by Gasteiger charge is 2.29. The van der Waals surface area contributed by atoms with E-state index in [1.54, 1.807) is 6.07 Å². The van der Waals surface area contributed by atoms with Crippen LogP contribution in [0, 0.1) is 11.9 Å². The summed E-state index contributed by atoms with van der Waals surface area (Å²) in [5, 5.41) is 7.76. The second-order valence-corrected chi connectivity index (χ2v) is 7.11. The number of anilines is 1. The molecule has 4 nitrogen and oxygen atoms in total. The maximum absolute atomic E-state index is 14.0. The summed E-state index contributed by atoms with van der Waals surface area (Å²) in [7, 11) is 1.18. The van der Waals surface area contributed by atoms with Crippen molar-refractivity contribution in [2.75, 3.05) is 5.32 Å². The zero-order valence-corrected chi connectivity index (χ0v) is 14.8. The van der Waals surface area contributed by atoms with Crippen LogP contribution >= 0.6 is 11.3 Å². The average molecular weight is 359 g/mol. The molecule has 1 atom stereocenters. The summed E-state index contributed by atoms with van der Waals surface area (Å²) in [6.45, 7) is 6.24. The third-order valence-corrected chi connectivity index (χ3v) is 4.80. The number of nitrogens with one attached hydrogen (secondary N) is 1. The third kappa shape index (κ3) is 3.80. The van der Waals surface area contributed by atoms with Crippen LogP contribution in [0.2, 0.25) is 0 Å². The minimum Gasteiger partial charge on any atom is -0.321 e. The van der Waals surface area contributed by atoms with Crippen LogP contribution in [0.15, 0.2) is 11.4 Å². The van der Waals surface area contributed by atoms with Gasteiger partial charge >= 0.3 is 0 Å². The molecule has 1 amide bonds. The number of carbonyl (C=O) groups is 1. The molecule has 0 aliphatic rings. The van der Waals surface area contributed by atoms with Crippen LogP contribution in [0.5, 0.6) is 0 Å². The normalized spacial score (nSPS) is 12.9. The summed E-state index contributed by atoms with van der Waals surface area (Å²) >= 11 is 1.48. The summed E-state index contributed by atoms with van der Waals surface area (Å²) in [5.74, 6) is -1.30. The van der Waals surface area contributed by atoms with E-state index in [9.17, 15) is 18.0 Å². The number of thiophene rings is 1. The SMILES string of the molecule is CC(C)CC(C)c1sccc1NC(=O)c1c(C(F)F)nn(C)c1F. The molecule has 0 bridgehead atoms. The largest absolute Gasteiger partial charge is 0.321 e. The van der Waals surface area contributed by atoms with E-state index in [1.165, 1.54) is 18.4 Å². The fourth-order valence-electron chi connectivity index (χ4n) is 2.69. The molecule has 0 fully saturated rings. The average Bonchev–Trinajstić information content (AvgIpc) is 3.04. The van der Waals surface area contributed by atoms with Crippen molar-refractivity contribution in [1.29, 1.82) is 0 Å². The van der Waals surface area contributed by atoms with Gasteiger partial charge in [0.25, 0.3) is 12.3 Å². The number of rotatable bonds is 6. The molecule has 2 aromatic rings. The second kappa shape index (κ2) is 7.38. The van der Waals surface area contributed by atoms with Gasteiger partial charge in [0.15, 0.2) is 0 Å². The van der Waals surface area contributed by atoms with Crippen LogP contribution < -0.4 is 5.32 Å². The number of hydrogen-bond acceptors (Lipinski definition) is 3. The highest BCUT2D eigenvalue weighted by atomic mass is 32.1. The van der Waals surface area contributed by atoms with Gasteiger partial charge in [-0.25, -0.2) is 13.5 Å². The fourth-order valence-corrected chi connectivity index (χ4v) is 3.62. The van der Waals surface area contributed by atoms with Crippen LogP contribution in [-0.2, 0) is 7.05 Å². The van der Waals surface area contributed by atoms with Gasteiger partial charge in [0.05, 0.1) is 5.69 Å². The van der Waals surface area contributed by atoms with E-state index in [-0.39, 0.29) is 5.92 Å². The van der Waals surface area contributed by atoms with Crippen molar-refractivity contribution in [2.24, 2.45) is 13.0 Å². The van der Waals surface area contributed by atoms with Gasteiger partial charge in [0, 0.05) is 11.9 Å². The fraction of sp³-hybridized carbons (Fsp3) is 0.500. The smallest absolute Gasteiger partial charge is 0.283 e. The lowest BCUT2D eigenvalue weighted by molar-refractivity contribution is 0.100. The Labute approximate surface area is 142 Å². The van der Waals surface area contributed by atoms with Crippen molar-refractivity contribution in [1.82, 2.24) is 9.78 Å². The van der Waals surface area contributed by atoms with Gasteiger partial charge in [0.2, 0.25) is 5.95 Å². The van der Waals surface area contributed by atoms with Gasteiger partial charge in [-0.1, -0.05) is 20.8 Å². The van der Waals surface area contributed by atoms with Crippen LogP contribution in [0.4, 0.5) is 18.9 Å². The number of halogens is 3. The number of aryl methyl sites for hydroxylation is 1. The lowest BCUT2D eigenvalue weighted by Crippen LogP contribution is -2.16. The summed E-state index contributed by atoms with van der Waals surface area (Å²) in [6.07, 6.45) is -2.10. The van der Waals surface area contributed by atoms with Gasteiger partial charge in [-0.15, -0.1) is 11.3 Å². The Balaban J connectivity index is 2.28. The number of nitrogens with zero attached hydrogens (tertiary/aromatic N) is 2. The van der Waals surface area contributed by atoms with E-state index in [1.807, 2.05) is 12.3 Å². The summed E-state index contributed by atoms with van der Waals surface area (Å²) in [4.78, 5) is 13.3. The first kappa shape index (κ1) is 18.5. The molecule has 1 unspecified atom stereocenters. The maximum Gasteiger partial charge on any atom is 0.283 e. The Morgan fingerprint density at radius 3 is 2.62 bits per heavy atom. The predicted octanol–water partition coefficient (Wildman–Crippen LogP) is 4.96. The van der Waals surface area contributed by atoms with Gasteiger partial charge in [0.1, 0.15) is 11.3 Å². The van der Waals surface area contributed by atoms with Gasteiger partial charge in [-0.2, -0.15) is 9.49 Å². The number of aromatic nitrogens is 2. The minimum atomic E-state index is -3.02. The Bertz CT molecular complexity index is 724. The zero-order chi connectivity index (χ0) is 18.0. The van der Waals surface area contributed by atoms with Crippen molar-refractivity contribution in [2.45, 2.75) is 39.5 Å². The highest BCUT2D eigenvalue weighted by Crippen LogP contribution is 2.34. The van der Waals surface area contributed by atoms with E-state index in [4.69, 9.17) is 0 Å². The van der Waals surface area contributed by atoms with Crippen molar-refractivity contribution >= 4 is 22.9 Å². The topological polar surface area (TPSA) is 46.9 Å². The summed E-state index contributed by atoms with van der Waals surface area (Å²) in [6, 6.07) is 1.70. The summed E-state index contributed by atoms with van der Waals surface area (Å²) < 4.78 is 40.6. The Morgan fingerprint density at radius 1 is 1.38 bits per heavy atom. The lowest BCUT2D eigenvalue weighted by atomic mass is 9.97. The molecular weight excluding hydrogens is 339 g/mol. The number of carbonyl (C=O) groups excluding carboxylic acids is 1. The highest BCUT2D eigenvalue weighted by molar-refractivity contribution is 7.10. The molecule has 2 heterocycles. The molecule has 0 aliphatic heterocycles. The predicted molar refractivity (Wildman–Crippen MR) is 88.3 cm³/mol. The van der Waals surface area contributed by atoms with Crippen molar-refractivity contribution in [3.05, 3.63) is 33.5 Å². The number of amides is 1. The first-order valence-electron chi connectivity index (χ1n) is 7.61. The molecule has 24 heavy (non-hydrogen) atoms. The first-order valence-corrected chi connectivity index (χ1v) is 8.49. The molecule has 0 spiro atoms. The van der Waals surface area contributed by atoms with Crippen LogP contribution in [-0.4, -0.2) is 15.7 Å². The first-order chi connectivity index (χ1) is 11.2. The molecule has 2 rings (SSSR count). The molecule has 8 heteroatoms. The Hall–Kier alpha value is -1.83. The number of alkyl halides is 2. The summed E-state index contributed by atoms with van der Waals surface area (Å²) in [5.41, 5.74) is -1.03. The molecule has 0 saturated carbocycles. The van der Waals surface area contributed by atoms with Crippen LogP contribution in [0.1, 0.15) is 60.5 Å². The maximum atomic E-state index is 14.0. The van der Waals surface area contributed by atoms with Crippen LogP contribution in [0.25, 0.3) is 0 Å². The Morgan fingerprint density at radius 2 is 2.04 bits per heavy atom. The standard InChI is InChI=1S/C16H20F3N3OS/c1-8(2)7-9(3)13-10(5-6-24-13)20-16(23)11-12(14(17)18)21-22(4)15(11)19/h5-6,8-9,14H,7H2,1-4H3,(H,20,23). The van der Waals surface area contributed by atoms with E-state index in [2.05, 4.69) is 24.3 Å². The molecular formula is C16H20F3N3OS. The minimum absolute atomic E-state index is 0.202. The van der Waals surface area contributed by atoms with E-state index in [0.29, 0.717) is 16.3 Å². The zero-order valence-electron chi connectivity index (χ0n) is 13.9. The lowest BCUT2D eigenvalue weighted by Gasteiger charge is -2.15. The van der Waals surface area contributed by atoms with Crippen molar-refractivity contribution < 1.29 is 18.0 Å². The molecule has 0 aliphatic carbocycles. The number of hydrogen-bond donors (Lipinski definition) is 1. The second-order valence-electron chi connectivity index (χ2n) is 6.16. The van der Waals surface area contributed by atoms with Gasteiger partial charge < -0.3 is 5.32 Å². The molecule has 0 radical (unpaired) electrons. The third-order valence-electron chi connectivity index (χ3n) is 3.65. The quantitative estimate of drug-likeness (QED) is 0.792. The monoisotopic (exact) mass is 359 g/mol. The molecule has 2 aromatic heterocycles. The Kier molecular flexibility index (Phi) is 5.69. The molecule has 132 valence electrons. The van der Waals surface area contributed by atoms with E-state index < -0.39 is 29.5 Å². The van der Waals surface area contributed by atoms with Crippen molar-refractivity contribution in [3.8, 4) is 0 Å².